The van der Waals surface area contributed by atoms with Crippen LogP contribution in [0.25, 0.3) is 0 Å². The number of ether oxygens (including phenoxy) is 3. The highest BCUT2D eigenvalue weighted by Crippen LogP contribution is 2.23. The van der Waals surface area contributed by atoms with Gasteiger partial charge < -0.3 is 19.3 Å². The summed E-state index contributed by atoms with van der Waals surface area (Å²) in [5, 5.41) is 9.99. The molecule has 1 N–H and O–H groups in total. The van der Waals surface area contributed by atoms with E-state index in [2.05, 4.69) is 0 Å². The van der Waals surface area contributed by atoms with Crippen molar-refractivity contribution in [3.63, 3.8) is 0 Å². The van der Waals surface area contributed by atoms with E-state index in [9.17, 15) is 9.90 Å². The van der Waals surface area contributed by atoms with Gasteiger partial charge in [0.2, 0.25) is 0 Å². The lowest BCUT2D eigenvalue weighted by Crippen LogP contribution is -2.49. The number of esters is 1. The van der Waals surface area contributed by atoms with Gasteiger partial charge in [0.05, 0.1) is 11.7 Å². The van der Waals surface area contributed by atoms with Crippen molar-refractivity contribution in [2.24, 2.45) is 0 Å². The van der Waals surface area contributed by atoms with Crippen LogP contribution in [-0.4, -0.2) is 42.8 Å². The maximum atomic E-state index is 11.9. The van der Waals surface area contributed by atoms with Crippen molar-refractivity contribution in [1.29, 1.82) is 0 Å². The minimum atomic E-state index is -0.848. The average molecular weight is 266 g/mol. The second kappa shape index (κ2) is 6.14. The molecule has 5 heteroatoms. The van der Waals surface area contributed by atoms with Gasteiger partial charge in [-0.3, -0.25) is 0 Å². The molecule has 0 aromatic heterocycles. The van der Waals surface area contributed by atoms with Crippen LogP contribution in [0.3, 0.4) is 0 Å². The van der Waals surface area contributed by atoms with Crippen LogP contribution in [0.4, 0.5) is 0 Å². The van der Waals surface area contributed by atoms with Crippen LogP contribution < -0.4 is 0 Å². The van der Waals surface area contributed by atoms with E-state index in [1.54, 1.807) is 31.2 Å². The van der Waals surface area contributed by atoms with Gasteiger partial charge >= 0.3 is 5.97 Å². The molecule has 1 aliphatic heterocycles. The summed E-state index contributed by atoms with van der Waals surface area (Å²) in [5.41, 5.74) is 0.461. The molecular formula is C14H18O5. The molecular weight excluding hydrogens is 248 g/mol. The average Bonchev–Trinajstić information content (AvgIpc) is 2.44. The van der Waals surface area contributed by atoms with E-state index >= 15 is 0 Å². The largest absolute Gasteiger partial charge is 0.456 e. The Bertz CT molecular complexity index is 419. The van der Waals surface area contributed by atoms with Crippen molar-refractivity contribution in [2.75, 3.05) is 7.11 Å². The molecule has 104 valence electrons. The maximum absolute atomic E-state index is 11.9. The molecule has 0 bridgehead atoms. The minimum absolute atomic E-state index is 0.320. The third-order valence-electron chi connectivity index (χ3n) is 3.18. The smallest absolute Gasteiger partial charge is 0.338 e. The van der Waals surface area contributed by atoms with E-state index in [1.165, 1.54) is 7.11 Å². The highest BCUT2D eigenvalue weighted by atomic mass is 16.7. The molecule has 0 spiro atoms. The third-order valence-corrected chi connectivity index (χ3v) is 3.18. The first-order valence-corrected chi connectivity index (χ1v) is 6.24. The summed E-state index contributed by atoms with van der Waals surface area (Å²) in [6, 6.07) is 8.69. The Morgan fingerprint density at radius 3 is 2.68 bits per heavy atom. The van der Waals surface area contributed by atoms with Crippen molar-refractivity contribution in [2.45, 2.75) is 37.9 Å². The number of carbonyl (C=O) groups is 1. The van der Waals surface area contributed by atoms with Crippen LogP contribution >= 0.6 is 0 Å². The van der Waals surface area contributed by atoms with Gasteiger partial charge in [-0.2, -0.15) is 0 Å². The molecule has 0 amide bonds. The standard InChI is InChI=1S/C14H18O5/c1-9-13(15)11(8-12(17-2)18-9)19-14(16)10-6-4-3-5-7-10/h3-7,9,11-13,15H,8H2,1-2H3/t9-,11-,12-,13-/m1/s1. The Hall–Kier alpha value is -1.43. The molecule has 2 rings (SSSR count). The van der Waals surface area contributed by atoms with E-state index < -0.39 is 30.6 Å². The van der Waals surface area contributed by atoms with Crippen LogP contribution in [0.1, 0.15) is 23.7 Å². The molecule has 1 heterocycles. The molecule has 1 saturated heterocycles. The number of benzene rings is 1. The minimum Gasteiger partial charge on any atom is -0.456 e. The van der Waals surface area contributed by atoms with Crippen LogP contribution in [0.5, 0.6) is 0 Å². The van der Waals surface area contributed by atoms with Gasteiger partial charge in [0.25, 0.3) is 0 Å². The SMILES string of the molecule is CO[C@H]1C[C@@H](OC(=O)c2ccccc2)[C@H](O)[C@@H](C)O1. The van der Waals surface area contributed by atoms with Gasteiger partial charge in [-0.1, -0.05) is 18.2 Å². The van der Waals surface area contributed by atoms with Crippen molar-refractivity contribution >= 4 is 5.97 Å². The second-order valence-corrected chi connectivity index (χ2v) is 4.54. The van der Waals surface area contributed by atoms with Crippen molar-refractivity contribution in [3.05, 3.63) is 35.9 Å². The summed E-state index contributed by atoms with van der Waals surface area (Å²) in [5.74, 6) is -0.450. The first-order valence-electron chi connectivity index (χ1n) is 6.24. The molecule has 1 aromatic rings. The maximum Gasteiger partial charge on any atom is 0.338 e. The summed E-state index contributed by atoms with van der Waals surface area (Å²) in [6.07, 6.45) is -2.06. The molecule has 19 heavy (non-hydrogen) atoms. The van der Waals surface area contributed by atoms with E-state index in [0.29, 0.717) is 12.0 Å². The van der Waals surface area contributed by atoms with Gasteiger partial charge in [-0.05, 0) is 19.1 Å². The quantitative estimate of drug-likeness (QED) is 0.837. The molecule has 0 saturated carbocycles. The highest BCUT2D eigenvalue weighted by Gasteiger charge is 2.37. The molecule has 0 aliphatic carbocycles. The number of rotatable bonds is 3. The van der Waals surface area contributed by atoms with E-state index in [4.69, 9.17) is 14.2 Å². The summed E-state index contributed by atoms with van der Waals surface area (Å²) < 4.78 is 15.8. The Morgan fingerprint density at radius 2 is 2.05 bits per heavy atom. The Labute approximate surface area is 112 Å². The third kappa shape index (κ3) is 3.32. The lowest BCUT2D eigenvalue weighted by atomic mass is 10.0. The molecule has 0 unspecified atom stereocenters. The number of hydrogen-bond donors (Lipinski definition) is 1. The Balaban J connectivity index is 2.02. The number of methoxy groups -OCH3 is 1. The fourth-order valence-corrected chi connectivity index (χ4v) is 2.06. The summed E-state index contributed by atoms with van der Waals surface area (Å²) in [6.45, 7) is 1.72. The first-order chi connectivity index (χ1) is 9.11. The topological polar surface area (TPSA) is 65.0 Å². The van der Waals surface area contributed by atoms with Gasteiger partial charge in [-0.15, -0.1) is 0 Å². The summed E-state index contributed by atoms with van der Waals surface area (Å²) in [4.78, 5) is 11.9. The number of aliphatic hydroxyl groups is 1. The van der Waals surface area contributed by atoms with Gasteiger partial charge in [0.1, 0.15) is 12.2 Å². The molecule has 0 radical (unpaired) electrons. The van der Waals surface area contributed by atoms with Crippen LogP contribution in [0.15, 0.2) is 30.3 Å². The van der Waals surface area contributed by atoms with Gasteiger partial charge in [0.15, 0.2) is 6.29 Å². The highest BCUT2D eigenvalue weighted by molar-refractivity contribution is 5.89. The van der Waals surface area contributed by atoms with Crippen LogP contribution in [-0.2, 0) is 14.2 Å². The molecule has 1 aromatic carbocycles. The monoisotopic (exact) mass is 266 g/mol. The van der Waals surface area contributed by atoms with E-state index in [-0.39, 0.29) is 0 Å². The first kappa shape index (κ1) is 14.0. The van der Waals surface area contributed by atoms with E-state index in [0.717, 1.165) is 0 Å². The lowest BCUT2D eigenvalue weighted by molar-refractivity contribution is -0.236. The predicted molar refractivity (Wildman–Crippen MR) is 67.6 cm³/mol. The fraction of sp³-hybridized carbons (Fsp3) is 0.500. The zero-order chi connectivity index (χ0) is 13.8. The van der Waals surface area contributed by atoms with Crippen LogP contribution in [0.2, 0.25) is 0 Å². The molecule has 4 atom stereocenters. The molecule has 1 fully saturated rings. The number of aliphatic hydroxyl groups excluding tert-OH is 1. The lowest BCUT2D eigenvalue weighted by Gasteiger charge is -2.36. The Kier molecular flexibility index (Phi) is 4.52. The van der Waals surface area contributed by atoms with Gasteiger partial charge in [-0.25, -0.2) is 4.79 Å². The van der Waals surface area contributed by atoms with Crippen molar-refractivity contribution in [3.8, 4) is 0 Å². The molecule has 5 nitrogen and oxygen atoms in total. The van der Waals surface area contributed by atoms with E-state index in [1.807, 2.05) is 6.07 Å². The van der Waals surface area contributed by atoms with Crippen LogP contribution in [0, 0.1) is 0 Å². The van der Waals surface area contributed by atoms with Crippen molar-refractivity contribution in [1.82, 2.24) is 0 Å². The number of carbonyl (C=O) groups excluding carboxylic acids is 1. The zero-order valence-corrected chi connectivity index (χ0v) is 11.0. The van der Waals surface area contributed by atoms with Crippen molar-refractivity contribution < 1.29 is 24.1 Å². The second-order valence-electron chi connectivity index (χ2n) is 4.54. The summed E-state index contributed by atoms with van der Waals surface area (Å²) in [7, 11) is 1.52. The normalized spacial score (nSPS) is 30.9. The summed E-state index contributed by atoms with van der Waals surface area (Å²) >= 11 is 0. The Morgan fingerprint density at radius 1 is 1.37 bits per heavy atom. The zero-order valence-electron chi connectivity index (χ0n) is 11.0. The number of hydrogen-bond acceptors (Lipinski definition) is 5. The molecule has 1 aliphatic rings. The van der Waals surface area contributed by atoms with Gasteiger partial charge in [0, 0.05) is 13.5 Å². The predicted octanol–water partition coefficient (Wildman–Crippen LogP) is 1.35. The fourth-order valence-electron chi connectivity index (χ4n) is 2.06.